The van der Waals surface area contributed by atoms with E-state index in [1.165, 1.54) is 14.2 Å². The van der Waals surface area contributed by atoms with Crippen LogP contribution >= 0.6 is 0 Å². The minimum absolute atomic E-state index is 0.176. The van der Waals surface area contributed by atoms with Gasteiger partial charge in [0.05, 0.1) is 25.5 Å². The highest BCUT2D eigenvalue weighted by atomic mass is 16.5. The summed E-state index contributed by atoms with van der Waals surface area (Å²) in [7, 11) is 2.95. The summed E-state index contributed by atoms with van der Waals surface area (Å²) < 4.78 is 10.6. The van der Waals surface area contributed by atoms with E-state index in [2.05, 4.69) is 10.6 Å². The monoisotopic (exact) mass is 395 g/mol. The number of nitrogens with zero attached hydrogens (tertiary/aromatic N) is 1. The maximum absolute atomic E-state index is 13.0. The van der Waals surface area contributed by atoms with Gasteiger partial charge in [-0.05, 0) is 43.2 Å². The molecule has 29 heavy (non-hydrogen) atoms. The Morgan fingerprint density at radius 3 is 2.55 bits per heavy atom. The lowest BCUT2D eigenvalue weighted by atomic mass is 10.1. The molecule has 0 bridgehead atoms. The minimum Gasteiger partial charge on any atom is -0.496 e. The molecule has 8 heteroatoms. The fraction of sp³-hybridized carbons (Fsp3) is 0.286. The van der Waals surface area contributed by atoms with Crippen molar-refractivity contribution in [2.45, 2.75) is 18.9 Å². The number of hydrogen-bond donors (Lipinski definition) is 2. The average Bonchev–Trinajstić information content (AvgIpc) is 3.20. The smallest absolute Gasteiger partial charge is 0.263 e. The molecule has 1 unspecified atom stereocenters. The van der Waals surface area contributed by atoms with Crippen molar-refractivity contribution < 1.29 is 23.9 Å². The van der Waals surface area contributed by atoms with Crippen molar-refractivity contribution in [3.63, 3.8) is 0 Å². The van der Waals surface area contributed by atoms with Gasteiger partial charge in [0.2, 0.25) is 5.91 Å². The van der Waals surface area contributed by atoms with Gasteiger partial charge in [0.25, 0.3) is 11.8 Å². The standard InChI is InChI=1S/C21H21N3O5/c1-28-16-6-3-7-17(29-2)18(16)20(26)22-12-8-9-14-13(11-12)21(27)24-10-4-5-15(24)19(25)23-14/h3,6-9,11,15H,4-5,10H2,1-2H3,(H,22,26)(H,23,25). The Hall–Kier alpha value is -3.55. The summed E-state index contributed by atoms with van der Waals surface area (Å²) >= 11 is 0. The van der Waals surface area contributed by atoms with Crippen LogP contribution in [0.25, 0.3) is 0 Å². The first kappa shape index (κ1) is 18.8. The quantitative estimate of drug-likeness (QED) is 0.829. The number of hydrogen-bond acceptors (Lipinski definition) is 5. The first-order valence-corrected chi connectivity index (χ1v) is 9.31. The molecule has 0 radical (unpaired) electrons. The Balaban J connectivity index is 1.66. The second-order valence-electron chi connectivity index (χ2n) is 6.90. The Labute approximate surface area is 167 Å². The van der Waals surface area contributed by atoms with E-state index in [-0.39, 0.29) is 17.4 Å². The fourth-order valence-electron chi connectivity index (χ4n) is 3.83. The Morgan fingerprint density at radius 1 is 1.14 bits per heavy atom. The summed E-state index contributed by atoms with van der Waals surface area (Å²) in [5.41, 5.74) is 1.49. The molecule has 2 aliphatic heterocycles. The molecule has 2 aromatic rings. The van der Waals surface area contributed by atoms with Crippen LogP contribution in [0.2, 0.25) is 0 Å². The number of amides is 3. The average molecular weight is 395 g/mol. The lowest BCUT2D eigenvalue weighted by molar-refractivity contribution is -0.119. The third-order valence-electron chi connectivity index (χ3n) is 5.24. The molecule has 1 saturated heterocycles. The van der Waals surface area contributed by atoms with Crippen LogP contribution in [0, 0.1) is 0 Å². The number of carbonyl (C=O) groups excluding carboxylic acids is 3. The summed E-state index contributed by atoms with van der Waals surface area (Å²) in [6.45, 7) is 0.547. The number of fused-ring (bicyclic) bond motifs is 2. The molecule has 1 fully saturated rings. The molecule has 8 nitrogen and oxygen atoms in total. The van der Waals surface area contributed by atoms with Crippen LogP contribution in [0.15, 0.2) is 36.4 Å². The third-order valence-corrected chi connectivity index (χ3v) is 5.24. The summed E-state index contributed by atoms with van der Waals surface area (Å²) in [4.78, 5) is 39.8. The van der Waals surface area contributed by atoms with Crippen LogP contribution in [0.1, 0.15) is 33.6 Å². The Bertz CT molecular complexity index is 982. The number of benzene rings is 2. The predicted octanol–water partition coefficient (Wildman–Crippen LogP) is 2.51. The SMILES string of the molecule is COc1cccc(OC)c1C(=O)Nc1ccc2c(c1)C(=O)N1CCCC1C(=O)N2. The van der Waals surface area contributed by atoms with Gasteiger partial charge in [-0.2, -0.15) is 0 Å². The Kier molecular flexibility index (Phi) is 4.84. The highest BCUT2D eigenvalue weighted by molar-refractivity contribution is 6.12. The van der Waals surface area contributed by atoms with Gasteiger partial charge in [-0.3, -0.25) is 14.4 Å². The molecular weight excluding hydrogens is 374 g/mol. The first-order chi connectivity index (χ1) is 14.0. The van der Waals surface area contributed by atoms with E-state index in [0.717, 1.165) is 6.42 Å². The van der Waals surface area contributed by atoms with E-state index in [0.29, 0.717) is 41.4 Å². The fourth-order valence-corrected chi connectivity index (χ4v) is 3.83. The van der Waals surface area contributed by atoms with Gasteiger partial charge in [0, 0.05) is 12.2 Å². The van der Waals surface area contributed by atoms with E-state index in [9.17, 15) is 14.4 Å². The van der Waals surface area contributed by atoms with Crippen LogP contribution in [-0.2, 0) is 4.79 Å². The zero-order valence-electron chi connectivity index (χ0n) is 16.2. The van der Waals surface area contributed by atoms with E-state index < -0.39 is 11.9 Å². The van der Waals surface area contributed by atoms with Crippen molar-refractivity contribution in [1.82, 2.24) is 4.90 Å². The number of nitrogens with one attached hydrogen (secondary N) is 2. The molecule has 2 aliphatic rings. The molecule has 3 amide bonds. The van der Waals surface area contributed by atoms with Gasteiger partial charge >= 0.3 is 0 Å². The molecule has 0 saturated carbocycles. The van der Waals surface area contributed by atoms with Crippen molar-refractivity contribution in [3.05, 3.63) is 47.5 Å². The predicted molar refractivity (Wildman–Crippen MR) is 107 cm³/mol. The number of anilines is 2. The van der Waals surface area contributed by atoms with Gasteiger partial charge < -0.3 is 25.0 Å². The second kappa shape index (κ2) is 7.46. The number of methoxy groups -OCH3 is 2. The third kappa shape index (κ3) is 3.26. The van der Waals surface area contributed by atoms with Crippen molar-refractivity contribution in [2.24, 2.45) is 0 Å². The van der Waals surface area contributed by atoms with E-state index in [1.807, 2.05) is 0 Å². The summed E-state index contributed by atoms with van der Waals surface area (Å²) in [5.74, 6) is -0.0694. The molecule has 2 N–H and O–H groups in total. The maximum atomic E-state index is 13.0. The van der Waals surface area contributed by atoms with Crippen molar-refractivity contribution in [1.29, 1.82) is 0 Å². The number of rotatable bonds is 4. The topological polar surface area (TPSA) is 97.0 Å². The van der Waals surface area contributed by atoms with Crippen LogP contribution in [-0.4, -0.2) is 49.4 Å². The largest absolute Gasteiger partial charge is 0.496 e. The van der Waals surface area contributed by atoms with Gasteiger partial charge in [0.1, 0.15) is 23.1 Å². The van der Waals surface area contributed by atoms with Crippen LogP contribution < -0.4 is 20.1 Å². The van der Waals surface area contributed by atoms with E-state index in [4.69, 9.17) is 9.47 Å². The lowest BCUT2D eigenvalue weighted by Crippen LogP contribution is -2.40. The van der Waals surface area contributed by atoms with Gasteiger partial charge in [-0.1, -0.05) is 6.07 Å². The lowest BCUT2D eigenvalue weighted by Gasteiger charge is -2.20. The molecule has 1 atom stereocenters. The van der Waals surface area contributed by atoms with Crippen LogP contribution in [0.4, 0.5) is 11.4 Å². The highest BCUT2D eigenvalue weighted by Gasteiger charge is 2.38. The van der Waals surface area contributed by atoms with Gasteiger partial charge in [0.15, 0.2) is 0 Å². The maximum Gasteiger partial charge on any atom is 0.263 e. The molecule has 4 rings (SSSR count). The zero-order valence-corrected chi connectivity index (χ0v) is 16.2. The number of ether oxygens (including phenoxy) is 2. The molecular formula is C21H21N3O5. The second-order valence-corrected chi connectivity index (χ2v) is 6.90. The molecule has 2 heterocycles. The number of carbonyl (C=O) groups is 3. The first-order valence-electron chi connectivity index (χ1n) is 9.31. The molecule has 150 valence electrons. The van der Waals surface area contributed by atoms with Crippen LogP contribution in [0.3, 0.4) is 0 Å². The van der Waals surface area contributed by atoms with Crippen molar-refractivity contribution in [3.8, 4) is 11.5 Å². The van der Waals surface area contributed by atoms with Gasteiger partial charge in [-0.25, -0.2) is 0 Å². The van der Waals surface area contributed by atoms with E-state index in [1.54, 1.807) is 41.3 Å². The minimum atomic E-state index is -0.439. The van der Waals surface area contributed by atoms with Gasteiger partial charge in [-0.15, -0.1) is 0 Å². The van der Waals surface area contributed by atoms with Crippen molar-refractivity contribution in [2.75, 3.05) is 31.4 Å². The zero-order chi connectivity index (χ0) is 20.5. The Morgan fingerprint density at radius 2 is 1.86 bits per heavy atom. The van der Waals surface area contributed by atoms with E-state index >= 15 is 0 Å². The summed E-state index contributed by atoms with van der Waals surface area (Å²) in [6, 6.07) is 9.47. The van der Waals surface area contributed by atoms with Crippen LogP contribution in [0.5, 0.6) is 11.5 Å². The highest BCUT2D eigenvalue weighted by Crippen LogP contribution is 2.32. The summed E-state index contributed by atoms with van der Waals surface area (Å²) in [5, 5.41) is 5.61. The van der Waals surface area contributed by atoms with Crippen molar-refractivity contribution >= 4 is 29.1 Å². The molecule has 0 aromatic heterocycles. The molecule has 0 spiro atoms. The summed E-state index contributed by atoms with van der Waals surface area (Å²) in [6.07, 6.45) is 1.45. The molecule has 0 aliphatic carbocycles. The normalized spacial score (nSPS) is 17.7. The molecule has 2 aromatic carbocycles.